The Balaban J connectivity index is 2.06. The normalized spacial score (nSPS) is 35.1. The van der Waals surface area contributed by atoms with Gasteiger partial charge in [0.2, 0.25) is 0 Å². The second kappa shape index (κ2) is 3.25. The largest absolute Gasteiger partial charge is 0.366 e. The fourth-order valence-corrected chi connectivity index (χ4v) is 2.09. The maximum absolute atomic E-state index is 13.7. The third kappa shape index (κ3) is 2.21. The lowest BCUT2D eigenvalue weighted by atomic mass is 9.93. The molecule has 2 aliphatic rings. The Labute approximate surface area is 88.2 Å². The van der Waals surface area contributed by atoms with Gasteiger partial charge in [0.15, 0.2) is 0 Å². The number of rotatable bonds is 2. The van der Waals surface area contributed by atoms with Gasteiger partial charge in [-0.15, -0.1) is 0 Å². The van der Waals surface area contributed by atoms with Crippen molar-refractivity contribution >= 4 is 0 Å². The van der Waals surface area contributed by atoms with E-state index in [1.807, 2.05) is 6.08 Å². The first-order valence-corrected chi connectivity index (χ1v) is 5.20. The Bertz CT molecular complexity index is 281. The molecule has 0 N–H and O–H groups in total. The molecule has 2 nitrogen and oxygen atoms in total. The summed E-state index contributed by atoms with van der Waals surface area (Å²) in [6, 6.07) is 0. The third-order valence-electron chi connectivity index (χ3n) is 2.60. The highest BCUT2D eigenvalue weighted by molar-refractivity contribution is 5.12. The zero-order valence-corrected chi connectivity index (χ0v) is 9.17. The van der Waals surface area contributed by atoms with Crippen LogP contribution in [0.25, 0.3) is 0 Å². The molecule has 2 aliphatic heterocycles. The minimum absolute atomic E-state index is 0.144. The molecular weight excluding hydrogens is 202 g/mol. The average molecular weight is 218 g/mol. The molecule has 0 saturated carbocycles. The van der Waals surface area contributed by atoms with E-state index in [0.717, 1.165) is 0 Å². The van der Waals surface area contributed by atoms with Crippen LogP contribution in [0.15, 0.2) is 12.2 Å². The maximum atomic E-state index is 13.7. The molecule has 86 valence electrons. The van der Waals surface area contributed by atoms with Gasteiger partial charge in [0.05, 0.1) is 23.7 Å². The van der Waals surface area contributed by atoms with E-state index in [0.29, 0.717) is 6.42 Å². The topological polar surface area (TPSA) is 18.5 Å². The molecule has 2 rings (SSSR count). The molecule has 1 fully saturated rings. The van der Waals surface area contributed by atoms with E-state index in [4.69, 9.17) is 9.47 Å². The van der Waals surface area contributed by atoms with Crippen LogP contribution in [0.3, 0.4) is 0 Å². The molecule has 4 heteroatoms. The van der Waals surface area contributed by atoms with E-state index in [1.54, 1.807) is 26.8 Å². The smallest absolute Gasteiger partial charge is 0.361 e. The zero-order valence-electron chi connectivity index (χ0n) is 9.17. The molecular formula is C11H16F2O2. The summed E-state index contributed by atoms with van der Waals surface area (Å²) in [5.74, 6) is -0.841. The lowest BCUT2D eigenvalue weighted by Crippen LogP contribution is -2.42. The first-order valence-electron chi connectivity index (χ1n) is 5.20. The summed E-state index contributed by atoms with van der Waals surface area (Å²) < 4.78 is 37.6. The molecule has 0 radical (unpaired) electrons. The minimum atomic E-state index is -3.11. The van der Waals surface area contributed by atoms with Crippen molar-refractivity contribution in [3.05, 3.63) is 12.2 Å². The third-order valence-corrected chi connectivity index (χ3v) is 2.60. The SMILES string of the molecule is CC(C)(C)OC(F)(F)C1CC2C=CC1O2. The van der Waals surface area contributed by atoms with Gasteiger partial charge < -0.3 is 9.47 Å². The van der Waals surface area contributed by atoms with Crippen molar-refractivity contribution in [3.63, 3.8) is 0 Å². The zero-order chi connectivity index (χ0) is 11.3. The number of halogens is 2. The van der Waals surface area contributed by atoms with Crippen molar-refractivity contribution in [2.24, 2.45) is 5.92 Å². The lowest BCUT2D eigenvalue weighted by Gasteiger charge is -2.32. The molecule has 3 unspecified atom stereocenters. The van der Waals surface area contributed by atoms with Crippen LogP contribution >= 0.6 is 0 Å². The van der Waals surface area contributed by atoms with E-state index in [2.05, 4.69) is 0 Å². The van der Waals surface area contributed by atoms with Crippen LogP contribution in [0.4, 0.5) is 8.78 Å². The summed E-state index contributed by atoms with van der Waals surface area (Å²) >= 11 is 0. The summed E-state index contributed by atoms with van der Waals surface area (Å²) in [5.41, 5.74) is -0.838. The average Bonchev–Trinajstić information content (AvgIpc) is 2.58. The molecule has 2 bridgehead atoms. The Kier molecular flexibility index (Phi) is 2.39. The van der Waals surface area contributed by atoms with Crippen LogP contribution in [0.2, 0.25) is 0 Å². The lowest BCUT2D eigenvalue weighted by molar-refractivity contribution is -0.313. The predicted octanol–water partition coefficient (Wildman–Crippen LogP) is 2.74. The van der Waals surface area contributed by atoms with Gasteiger partial charge in [0, 0.05) is 0 Å². The van der Waals surface area contributed by atoms with Crippen LogP contribution in [0, 0.1) is 5.92 Å². The quantitative estimate of drug-likeness (QED) is 0.663. The van der Waals surface area contributed by atoms with Gasteiger partial charge in [-0.2, -0.15) is 8.78 Å². The van der Waals surface area contributed by atoms with Gasteiger partial charge >= 0.3 is 6.11 Å². The highest BCUT2D eigenvalue weighted by Gasteiger charge is 2.53. The molecule has 0 aromatic carbocycles. The molecule has 3 atom stereocenters. The minimum Gasteiger partial charge on any atom is -0.366 e. The van der Waals surface area contributed by atoms with E-state index in [9.17, 15) is 8.78 Å². The summed E-state index contributed by atoms with van der Waals surface area (Å²) in [4.78, 5) is 0. The Morgan fingerprint density at radius 3 is 2.33 bits per heavy atom. The molecule has 0 aliphatic carbocycles. The molecule has 1 saturated heterocycles. The highest BCUT2D eigenvalue weighted by Crippen LogP contribution is 2.44. The summed E-state index contributed by atoms with van der Waals surface area (Å²) in [5, 5.41) is 0. The predicted molar refractivity (Wildman–Crippen MR) is 51.7 cm³/mol. The molecule has 0 amide bonds. The van der Waals surface area contributed by atoms with E-state index in [1.165, 1.54) is 0 Å². The number of hydrogen-bond acceptors (Lipinski definition) is 2. The Hall–Kier alpha value is -0.480. The van der Waals surface area contributed by atoms with Crippen LogP contribution in [0.1, 0.15) is 27.2 Å². The van der Waals surface area contributed by atoms with Crippen molar-refractivity contribution in [3.8, 4) is 0 Å². The fourth-order valence-electron chi connectivity index (χ4n) is 2.09. The summed E-state index contributed by atoms with van der Waals surface area (Å²) in [6.07, 6.45) is 0.168. The Morgan fingerprint density at radius 1 is 1.27 bits per heavy atom. The molecule has 2 heterocycles. The van der Waals surface area contributed by atoms with Crippen LogP contribution in [-0.2, 0) is 9.47 Å². The maximum Gasteiger partial charge on any atom is 0.361 e. The van der Waals surface area contributed by atoms with Crippen LogP contribution in [0.5, 0.6) is 0 Å². The molecule has 0 spiro atoms. The van der Waals surface area contributed by atoms with Gasteiger partial charge in [-0.25, -0.2) is 0 Å². The van der Waals surface area contributed by atoms with Crippen molar-refractivity contribution in [1.82, 2.24) is 0 Å². The summed E-state index contributed by atoms with van der Waals surface area (Å²) in [7, 11) is 0. The van der Waals surface area contributed by atoms with Crippen molar-refractivity contribution < 1.29 is 18.3 Å². The molecule has 0 aromatic heterocycles. The van der Waals surface area contributed by atoms with Gasteiger partial charge in [-0.05, 0) is 27.2 Å². The first kappa shape index (κ1) is 11.0. The number of fused-ring (bicyclic) bond motifs is 2. The second-order valence-corrected chi connectivity index (χ2v) is 5.14. The van der Waals surface area contributed by atoms with E-state index in [-0.39, 0.29) is 6.10 Å². The van der Waals surface area contributed by atoms with E-state index >= 15 is 0 Å². The second-order valence-electron chi connectivity index (χ2n) is 5.14. The van der Waals surface area contributed by atoms with Crippen LogP contribution < -0.4 is 0 Å². The standard InChI is InChI=1S/C11H16F2O2/c1-10(2,3)15-11(12,13)8-6-7-4-5-9(8)14-7/h4-5,7-9H,6H2,1-3H3. The van der Waals surface area contributed by atoms with Gasteiger partial charge in [0.1, 0.15) is 0 Å². The van der Waals surface area contributed by atoms with Gasteiger partial charge in [-0.3, -0.25) is 0 Å². The molecule has 0 aromatic rings. The first-order chi connectivity index (χ1) is 6.78. The monoisotopic (exact) mass is 218 g/mol. The molecule has 15 heavy (non-hydrogen) atoms. The summed E-state index contributed by atoms with van der Waals surface area (Å²) in [6.45, 7) is 4.89. The number of alkyl halides is 2. The van der Waals surface area contributed by atoms with Crippen molar-refractivity contribution in [2.45, 2.75) is 51.1 Å². The van der Waals surface area contributed by atoms with Crippen molar-refractivity contribution in [2.75, 3.05) is 0 Å². The number of hydrogen-bond donors (Lipinski definition) is 0. The van der Waals surface area contributed by atoms with Crippen LogP contribution in [-0.4, -0.2) is 23.9 Å². The van der Waals surface area contributed by atoms with Gasteiger partial charge in [-0.1, -0.05) is 12.2 Å². The van der Waals surface area contributed by atoms with Crippen molar-refractivity contribution in [1.29, 1.82) is 0 Å². The fraction of sp³-hybridized carbons (Fsp3) is 0.818. The highest BCUT2D eigenvalue weighted by atomic mass is 19.3. The number of ether oxygens (including phenoxy) is 2. The van der Waals surface area contributed by atoms with Gasteiger partial charge in [0.25, 0.3) is 0 Å². The van der Waals surface area contributed by atoms with E-state index < -0.39 is 23.7 Å². The Morgan fingerprint density at radius 2 is 1.93 bits per heavy atom.